The lowest BCUT2D eigenvalue weighted by atomic mass is 10.2. The molecule has 1 rings (SSSR count). The van der Waals surface area contributed by atoms with Gasteiger partial charge in [0.15, 0.2) is 5.78 Å². The molecule has 0 saturated heterocycles. The van der Waals surface area contributed by atoms with E-state index in [1.165, 1.54) is 18.3 Å². The Balaban J connectivity index is 2.95. The molecule has 0 aliphatic rings. The molecule has 0 N–H and O–H groups in total. The van der Waals surface area contributed by atoms with E-state index in [1.807, 2.05) is 23.6 Å². The lowest BCUT2D eigenvalue weighted by Crippen LogP contribution is -1.91. The van der Waals surface area contributed by atoms with E-state index in [-0.39, 0.29) is 11.4 Å². The molecule has 0 aromatic carbocycles. The fourth-order valence-corrected chi connectivity index (χ4v) is 1.39. The molecule has 0 fully saturated rings. The number of rotatable bonds is 2. The van der Waals surface area contributed by atoms with Gasteiger partial charge in [0.05, 0.1) is 5.57 Å². The number of carbonyl (C=O) groups excluding carboxylic acids is 1. The molecule has 0 bridgehead atoms. The number of allylic oxidation sites excluding steroid dienone is 1. The van der Waals surface area contributed by atoms with Gasteiger partial charge in [0, 0.05) is 4.88 Å². The van der Waals surface area contributed by atoms with Crippen molar-refractivity contribution in [1.82, 2.24) is 0 Å². The third kappa shape index (κ3) is 2.04. The van der Waals surface area contributed by atoms with E-state index >= 15 is 0 Å². The van der Waals surface area contributed by atoms with E-state index in [9.17, 15) is 4.79 Å². The molecule has 2 nitrogen and oxygen atoms in total. The van der Waals surface area contributed by atoms with Gasteiger partial charge in [-0.25, -0.2) is 0 Å². The van der Waals surface area contributed by atoms with Gasteiger partial charge in [-0.1, -0.05) is 6.07 Å². The summed E-state index contributed by atoms with van der Waals surface area (Å²) >= 11 is 1.50. The van der Waals surface area contributed by atoms with Gasteiger partial charge in [-0.05, 0) is 24.4 Å². The quantitative estimate of drug-likeness (QED) is 0.513. The molecule has 1 aromatic rings. The van der Waals surface area contributed by atoms with Crippen molar-refractivity contribution in [3.05, 3.63) is 28.0 Å². The third-order valence-electron chi connectivity index (χ3n) is 1.33. The summed E-state index contributed by atoms with van der Waals surface area (Å²) in [6.07, 6.45) is 1.60. The molecule has 0 saturated carbocycles. The first-order valence-corrected chi connectivity index (χ1v) is 4.28. The fourth-order valence-electron chi connectivity index (χ4n) is 0.728. The van der Waals surface area contributed by atoms with E-state index in [2.05, 4.69) is 0 Å². The van der Waals surface area contributed by atoms with Crippen LogP contribution in [0.25, 0.3) is 6.08 Å². The molecule has 3 heteroatoms. The topological polar surface area (TPSA) is 40.9 Å². The number of nitrogens with zero attached hydrogens (tertiary/aromatic N) is 1. The van der Waals surface area contributed by atoms with E-state index in [0.717, 1.165) is 4.88 Å². The fraction of sp³-hybridized carbons (Fsp3) is 0.111. The first kappa shape index (κ1) is 8.69. The first-order valence-electron chi connectivity index (χ1n) is 3.40. The van der Waals surface area contributed by atoms with Crippen LogP contribution in [0, 0.1) is 11.3 Å². The van der Waals surface area contributed by atoms with Gasteiger partial charge in [-0.3, -0.25) is 4.79 Å². The molecule has 0 aliphatic carbocycles. The minimum Gasteiger partial charge on any atom is -0.294 e. The minimum absolute atomic E-state index is 0.189. The molecule has 12 heavy (non-hydrogen) atoms. The third-order valence-corrected chi connectivity index (χ3v) is 2.15. The summed E-state index contributed by atoms with van der Waals surface area (Å²) in [7, 11) is 0. The molecule has 1 aromatic heterocycles. The van der Waals surface area contributed by atoms with Crippen LogP contribution in [0.5, 0.6) is 0 Å². The Bertz CT molecular complexity index is 343. The number of ketones is 1. The van der Waals surface area contributed by atoms with Crippen molar-refractivity contribution >= 4 is 23.2 Å². The first-order chi connectivity index (χ1) is 5.74. The summed E-state index contributed by atoms with van der Waals surface area (Å²) in [5, 5.41) is 10.5. The normalized spacial score (nSPS) is 10.8. The van der Waals surface area contributed by atoms with Crippen LogP contribution >= 0.6 is 11.3 Å². The lowest BCUT2D eigenvalue weighted by Gasteiger charge is -1.87. The Morgan fingerprint density at radius 2 is 2.50 bits per heavy atom. The van der Waals surface area contributed by atoms with Gasteiger partial charge in [0.2, 0.25) is 0 Å². The minimum atomic E-state index is -0.189. The van der Waals surface area contributed by atoms with Crippen LogP contribution in [0.3, 0.4) is 0 Å². The van der Waals surface area contributed by atoms with E-state index in [0.29, 0.717) is 0 Å². The molecule has 0 aliphatic heterocycles. The molecular formula is C9H7NOS. The number of hydrogen-bond donors (Lipinski definition) is 0. The maximum Gasteiger partial charge on any atom is 0.170 e. The molecule has 0 atom stereocenters. The number of thiophene rings is 1. The Labute approximate surface area is 74.8 Å². The van der Waals surface area contributed by atoms with Crippen LogP contribution in [-0.4, -0.2) is 5.78 Å². The average Bonchev–Trinajstić information content (AvgIpc) is 2.51. The second kappa shape index (κ2) is 3.84. The largest absolute Gasteiger partial charge is 0.294 e. The summed E-state index contributed by atoms with van der Waals surface area (Å²) < 4.78 is 0. The summed E-state index contributed by atoms with van der Waals surface area (Å²) in [4.78, 5) is 11.7. The molecule has 0 spiro atoms. The molecule has 0 amide bonds. The highest BCUT2D eigenvalue weighted by Crippen LogP contribution is 2.13. The number of Topliss-reactive ketones (excluding diaryl/α,β-unsaturated/α-hetero) is 1. The molecule has 60 valence electrons. The average molecular weight is 177 g/mol. The highest BCUT2D eigenvalue weighted by atomic mass is 32.1. The summed E-state index contributed by atoms with van der Waals surface area (Å²) in [6, 6.07) is 5.60. The van der Waals surface area contributed by atoms with Crippen molar-refractivity contribution < 1.29 is 4.79 Å². The second-order valence-corrected chi connectivity index (χ2v) is 3.22. The summed E-state index contributed by atoms with van der Waals surface area (Å²) in [5.41, 5.74) is 0.206. The molecular weight excluding hydrogens is 170 g/mol. The Kier molecular flexibility index (Phi) is 2.78. The van der Waals surface area contributed by atoms with Crippen molar-refractivity contribution in [2.24, 2.45) is 0 Å². The van der Waals surface area contributed by atoms with Crippen LogP contribution in [0.4, 0.5) is 0 Å². The Morgan fingerprint density at radius 3 is 2.92 bits per heavy atom. The van der Waals surface area contributed by atoms with Crippen LogP contribution in [0.2, 0.25) is 0 Å². The molecule has 1 heterocycles. The van der Waals surface area contributed by atoms with Crippen LogP contribution in [0.1, 0.15) is 11.8 Å². The lowest BCUT2D eigenvalue weighted by molar-refractivity contribution is -0.113. The van der Waals surface area contributed by atoms with Gasteiger partial charge >= 0.3 is 0 Å². The smallest absolute Gasteiger partial charge is 0.170 e. The van der Waals surface area contributed by atoms with Crippen molar-refractivity contribution in [1.29, 1.82) is 5.26 Å². The SMILES string of the molecule is CC(=O)/C(C#N)=C/c1cccs1. The summed E-state index contributed by atoms with van der Waals surface area (Å²) in [6.45, 7) is 1.39. The summed E-state index contributed by atoms with van der Waals surface area (Å²) in [5.74, 6) is -0.189. The van der Waals surface area contributed by atoms with Gasteiger partial charge in [0.1, 0.15) is 6.07 Å². The van der Waals surface area contributed by atoms with Crippen LogP contribution < -0.4 is 0 Å². The Hall–Kier alpha value is -1.40. The zero-order valence-corrected chi connectivity index (χ0v) is 7.39. The zero-order chi connectivity index (χ0) is 8.97. The molecule has 0 unspecified atom stereocenters. The van der Waals surface area contributed by atoms with Gasteiger partial charge in [-0.15, -0.1) is 11.3 Å². The maximum absolute atomic E-state index is 10.8. The molecule has 0 radical (unpaired) electrons. The predicted molar refractivity (Wildman–Crippen MR) is 48.6 cm³/mol. The zero-order valence-electron chi connectivity index (χ0n) is 6.57. The van der Waals surface area contributed by atoms with Crippen LogP contribution in [-0.2, 0) is 4.79 Å². The standard InChI is InChI=1S/C9H7NOS/c1-7(11)8(6-10)5-9-3-2-4-12-9/h2-5H,1H3/b8-5+. The highest BCUT2D eigenvalue weighted by Gasteiger charge is 2.01. The van der Waals surface area contributed by atoms with Gasteiger partial charge < -0.3 is 0 Å². The number of nitriles is 1. The van der Waals surface area contributed by atoms with Gasteiger partial charge in [-0.2, -0.15) is 5.26 Å². The number of hydrogen-bond acceptors (Lipinski definition) is 3. The van der Waals surface area contributed by atoms with Gasteiger partial charge in [0.25, 0.3) is 0 Å². The van der Waals surface area contributed by atoms with Crippen LogP contribution in [0.15, 0.2) is 23.1 Å². The van der Waals surface area contributed by atoms with E-state index < -0.39 is 0 Å². The monoisotopic (exact) mass is 177 g/mol. The second-order valence-electron chi connectivity index (χ2n) is 2.24. The van der Waals surface area contributed by atoms with Crippen molar-refractivity contribution in [3.63, 3.8) is 0 Å². The Morgan fingerprint density at radius 1 is 1.75 bits per heavy atom. The number of carbonyl (C=O) groups is 1. The van der Waals surface area contributed by atoms with Crippen molar-refractivity contribution in [2.45, 2.75) is 6.92 Å². The van der Waals surface area contributed by atoms with Crippen molar-refractivity contribution in [3.8, 4) is 6.07 Å². The predicted octanol–water partition coefficient (Wildman–Crippen LogP) is 2.24. The van der Waals surface area contributed by atoms with Crippen molar-refractivity contribution in [2.75, 3.05) is 0 Å². The van der Waals surface area contributed by atoms with E-state index in [1.54, 1.807) is 6.08 Å². The maximum atomic E-state index is 10.8. The highest BCUT2D eigenvalue weighted by molar-refractivity contribution is 7.10. The van der Waals surface area contributed by atoms with E-state index in [4.69, 9.17) is 5.26 Å².